The predicted octanol–water partition coefficient (Wildman–Crippen LogP) is 4.41. The third kappa shape index (κ3) is 3.93. The topological polar surface area (TPSA) is 12.0 Å². The molecule has 2 aromatic carbocycles. The van der Waals surface area contributed by atoms with E-state index in [4.69, 9.17) is 0 Å². The third-order valence-corrected chi connectivity index (χ3v) is 3.36. The normalized spacial score (nSPS) is 10.9. The molecule has 0 unspecified atom stereocenters. The fraction of sp³-hybridized carbons (Fsp3) is 0.333. The summed E-state index contributed by atoms with van der Waals surface area (Å²) in [6.45, 7) is 7.46. The second-order valence-corrected chi connectivity index (χ2v) is 5.28. The minimum absolute atomic E-state index is 0.529. The largest absolute Gasteiger partial charge is 0.310 e. The lowest BCUT2D eigenvalue weighted by atomic mass is 10.0. The molecule has 0 bridgehead atoms. The van der Waals surface area contributed by atoms with Crippen LogP contribution in [0, 0.1) is 0 Å². The molecule has 1 nitrogen and oxygen atoms in total. The van der Waals surface area contributed by atoms with E-state index in [9.17, 15) is 0 Å². The molecule has 0 atom stereocenters. The van der Waals surface area contributed by atoms with Crippen molar-refractivity contribution in [3.05, 3.63) is 59.7 Å². The van der Waals surface area contributed by atoms with E-state index in [2.05, 4.69) is 74.6 Å². The molecule has 0 aliphatic rings. The zero-order valence-corrected chi connectivity index (χ0v) is 12.1. The van der Waals surface area contributed by atoms with Crippen LogP contribution in [0.4, 0.5) is 0 Å². The lowest BCUT2D eigenvalue weighted by Gasteiger charge is -2.09. The Kier molecular flexibility index (Phi) is 4.75. The van der Waals surface area contributed by atoms with Crippen LogP contribution >= 0.6 is 0 Å². The molecule has 0 amide bonds. The summed E-state index contributed by atoms with van der Waals surface area (Å²) in [6.07, 6.45) is 1.10. The van der Waals surface area contributed by atoms with Crippen molar-refractivity contribution >= 4 is 0 Å². The van der Waals surface area contributed by atoms with Crippen LogP contribution < -0.4 is 5.32 Å². The quantitative estimate of drug-likeness (QED) is 0.832. The van der Waals surface area contributed by atoms with Gasteiger partial charge in [0.1, 0.15) is 0 Å². The van der Waals surface area contributed by atoms with Gasteiger partial charge in [-0.3, -0.25) is 0 Å². The molecule has 1 heteroatoms. The van der Waals surface area contributed by atoms with Crippen LogP contribution in [0.5, 0.6) is 0 Å². The fourth-order valence-corrected chi connectivity index (χ4v) is 2.07. The number of rotatable bonds is 5. The number of benzene rings is 2. The van der Waals surface area contributed by atoms with Gasteiger partial charge >= 0.3 is 0 Å². The molecule has 0 spiro atoms. The van der Waals surface area contributed by atoms with E-state index < -0.39 is 0 Å². The molecule has 100 valence electrons. The van der Waals surface area contributed by atoms with E-state index in [1.165, 1.54) is 22.3 Å². The fourth-order valence-electron chi connectivity index (χ4n) is 2.07. The molecular weight excluding hydrogens is 230 g/mol. The number of nitrogens with one attached hydrogen (secondary N) is 1. The average Bonchev–Trinajstić information content (AvgIpc) is 2.46. The van der Waals surface area contributed by atoms with Gasteiger partial charge in [-0.05, 0) is 28.7 Å². The Hall–Kier alpha value is -1.60. The Balaban J connectivity index is 2.08. The van der Waals surface area contributed by atoms with Gasteiger partial charge in [0.25, 0.3) is 0 Å². The highest BCUT2D eigenvalue weighted by Crippen LogP contribution is 2.20. The van der Waals surface area contributed by atoms with Gasteiger partial charge in [0, 0.05) is 12.6 Å². The van der Waals surface area contributed by atoms with Gasteiger partial charge in [0.05, 0.1) is 0 Å². The van der Waals surface area contributed by atoms with Crippen molar-refractivity contribution in [2.45, 2.75) is 39.8 Å². The summed E-state index contributed by atoms with van der Waals surface area (Å²) in [5.74, 6) is 0. The monoisotopic (exact) mass is 253 g/mol. The predicted molar refractivity (Wildman–Crippen MR) is 83.2 cm³/mol. The molecule has 0 saturated heterocycles. The van der Waals surface area contributed by atoms with Gasteiger partial charge in [-0.2, -0.15) is 0 Å². The number of aryl methyl sites for hydroxylation is 1. The summed E-state index contributed by atoms with van der Waals surface area (Å²) in [5, 5.41) is 3.44. The molecule has 0 aromatic heterocycles. The second kappa shape index (κ2) is 6.53. The van der Waals surface area contributed by atoms with Crippen molar-refractivity contribution in [2.24, 2.45) is 0 Å². The van der Waals surface area contributed by atoms with E-state index >= 15 is 0 Å². The standard InChI is InChI=1S/C18H23N/c1-4-15-5-9-17(10-6-15)18-11-7-16(8-12-18)13-19-14(2)3/h5-12,14,19H,4,13H2,1-3H3. The molecular formula is C18H23N. The minimum atomic E-state index is 0.529. The van der Waals surface area contributed by atoms with E-state index in [0.29, 0.717) is 6.04 Å². The SMILES string of the molecule is CCc1ccc(-c2ccc(CNC(C)C)cc2)cc1. The summed E-state index contributed by atoms with van der Waals surface area (Å²) < 4.78 is 0. The van der Waals surface area contributed by atoms with E-state index in [-0.39, 0.29) is 0 Å². The number of hydrogen-bond acceptors (Lipinski definition) is 1. The average molecular weight is 253 g/mol. The zero-order valence-electron chi connectivity index (χ0n) is 12.1. The van der Waals surface area contributed by atoms with Crippen LogP contribution in [0.15, 0.2) is 48.5 Å². The molecule has 19 heavy (non-hydrogen) atoms. The Bertz CT molecular complexity index is 494. The molecule has 0 aliphatic carbocycles. The van der Waals surface area contributed by atoms with E-state index in [0.717, 1.165) is 13.0 Å². The first-order valence-corrected chi connectivity index (χ1v) is 7.10. The van der Waals surface area contributed by atoms with Gasteiger partial charge in [0.2, 0.25) is 0 Å². The van der Waals surface area contributed by atoms with Crippen molar-refractivity contribution < 1.29 is 0 Å². The summed E-state index contributed by atoms with van der Waals surface area (Å²) in [6, 6.07) is 18.2. The van der Waals surface area contributed by atoms with Crippen molar-refractivity contribution in [2.75, 3.05) is 0 Å². The van der Waals surface area contributed by atoms with Crippen LogP contribution in [0.1, 0.15) is 31.9 Å². The molecule has 2 rings (SSSR count). The maximum atomic E-state index is 3.44. The maximum Gasteiger partial charge on any atom is 0.0207 e. The first kappa shape index (κ1) is 13.8. The summed E-state index contributed by atoms with van der Waals surface area (Å²) in [7, 11) is 0. The van der Waals surface area contributed by atoms with Crippen molar-refractivity contribution in [3.8, 4) is 11.1 Å². The van der Waals surface area contributed by atoms with Crippen LogP contribution in [0.2, 0.25) is 0 Å². The Morgan fingerprint density at radius 2 is 1.26 bits per heavy atom. The summed E-state index contributed by atoms with van der Waals surface area (Å²) in [4.78, 5) is 0. The second-order valence-electron chi connectivity index (χ2n) is 5.28. The Morgan fingerprint density at radius 3 is 1.68 bits per heavy atom. The highest BCUT2D eigenvalue weighted by Gasteiger charge is 1.99. The highest BCUT2D eigenvalue weighted by molar-refractivity contribution is 5.63. The van der Waals surface area contributed by atoms with E-state index in [1.807, 2.05) is 0 Å². The Labute approximate surface area is 116 Å². The van der Waals surface area contributed by atoms with Crippen LogP contribution in [-0.4, -0.2) is 6.04 Å². The molecule has 1 N–H and O–H groups in total. The lowest BCUT2D eigenvalue weighted by Crippen LogP contribution is -2.21. The molecule has 0 fully saturated rings. The minimum Gasteiger partial charge on any atom is -0.310 e. The first-order valence-electron chi connectivity index (χ1n) is 7.10. The van der Waals surface area contributed by atoms with Gasteiger partial charge < -0.3 is 5.32 Å². The van der Waals surface area contributed by atoms with Crippen LogP contribution in [0.3, 0.4) is 0 Å². The van der Waals surface area contributed by atoms with Crippen molar-refractivity contribution in [3.63, 3.8) is 0 Å². The van der Waals surface area contributed by atoms with Gasteiger partial charge in [0.15, 0.2) is 0 Å². The van der Waals surface area contributed by atoms with Crippen LogP contribution in [0.25, 0.3) is 11.1 Å². The Morgan fingerprint density at radius 1 is 0.789 bits per heavy atom. The first-order chi connectivity index (χ1) is 9.19. The lowest BCUT2D eigenvalue weighted by molar-refractivity contribution is 0.589. The smallest absolute Gasteiger partial charge is 0.0207 e. The zero-order chi connectivity index (χ0) is 13.7. The van der Waals surface area contributed by atoms with Gasteiger partial charge in [-0.1, -0.05) is 69.3 Å². The number of hydrogen-bond donors (Lipinski definition) is 1. The summed E-state index contributed by atoms with van der Waals surface area (Å²) in [5.41, 5.74) is 5.31. The molecule has 0 saturated carbocycles. The van der Waals surface area contributed by atoms with Crippen molar-refractivity contribution in [1.82, 2.24) is 5.32 Å². The van der Waals surface area contributed by atoms with Gasteiger partial charge in [-0.25, -0.2) is 0 Å². The van der Waals surface area contributed by atoms with Crippen LogP contribution in [-0.2, 0) is 13.0 Å². The van der Waals surface area contributed by atoms with Crippen molar-refractivity contribution in [1.29, 1.82) is 0 Å². The van der Waals surface area contributed by atoms with Gasteiger partial charge in [-0.15, -0.1) is 0 Å². The highest BCUT2D eigenvalue weighted by atomic mass is 14.9. The molecule has 2 aromatic rings. The summed E-state index contributed by atoms with van der Waals surface area (Å²) >= 11 is 0. The molecule has 0 radical (unpaired) electrons. The van der Waals surface area contributed by atoms with E-state index in [1.54, 1.807) is 0 Å². The molecule has 0 heterocycles. The maximum absolute atomic E-state index is 3.44. The molecule has 0 aliphatic heterocycles. The third-order valence-electron chi connectivity index (χ3n) is 3.36.